The van der Waals surface area contributed by atoms with Gasteiger partial charge in [0.25, 0.3) is 0 Å². The van der Waals surface area contributed by atoms with E-state index in [4.69, 9.17) is 10.5 Å². The Morgan fingerprint density at radius 2 is 2.30 bits per heavy atom. The van der Waals surface area contributed by atoms with Crippen LogP contribution in [0.2, 0.25) is 0 Å². The standard InChI is InChI=1S/C7H15NO2/c1-2-3-7(9)6-10-5-4-8/h2-6,8H2,1H3. The van der Waals surface area contributed by atoms with Gasteiger partial charge in [0, 0.05) is 13.0 Å². The number of hydrogen-bond donors (Lipinski definition) is 1. The van der Waals surface area contributed by atoms with Crippen LogP contribution in [0, 0.1) is 0 Å². The lowest BCUT2D eigenvalue weighted by molar-refractivity contribution is -0.123. The maximum Gasteiger partial charge on any atom is 0.158 e. The number of carbonyl (C=O) groups excluding carboxylic acids is 1. The highest BCUT2D eigenvalue weighted by Gasteiger charge is 1.97. The van der Waals surface area contributed by atoms with Crippen molar-refractivity contribution < 1.29 is 9.53 Å². The average Bonchev–Trinajstić information content (AvgIpc) is 1.89. The monoisotopic (exact) mass is 145 g/mol. The van der Waals surface area contributed by atoms with E-state index in [1.54, 1.807) is 0 Å². The molecule has 0 aliphatic carbocycles. The predicted molar refractivity (Wildman–Crippen MR) is 39.8 cm³/mol. The number of carbonyl (C=O) groups is 1. The molecule has 0 rings (SSSR count). The van der Waals surface area contributed by atoms with Crippen LogP contribution in [0.1, 0.15) is 19.8 Å². The van der Waals surface area contributed by atoms with E-state index >= 15 is 0 Å². The van der Waals surface area contributed by atoms with Crippen molar-refractivity contribution in [2.24, 2.45) is 5.73 Å². The third kappa shape index (κ3) is 5.72. The summed E-state index contributed by atoms with van der Waals surface area (Å²) >= 11 is 0. The molecule has 0 saturated carbocycles. The van der Waals surface area contributed by atoms with Crippen molar-refractivity contribution in [1.82, 2.24) is 0 Å². The van der Waals surface area contributed by atoms with E-state index in [9.17, 15) is 4.79 Å². The molecule has 0 bridgehead atoms. The van der Waals surface area contributed by atoms with Crippen LogP contribution in [0.5, 0.6) is 0 Å². The molecule has 3 nitrogen and oxygen atoms in total. The number of ketones is 1. The Balaban J connectivity index is 3.05. The number of ether oxygens (including phenoxy) is 1. The first-order valence-electron chi connectivity index (χ1n) is 3.60. The van der Waals surface area contributed by atoms with Gasteiger partial charge in [-0.15, -0.1) is 0 Å². The minimum atomic E-state index is 0.163. The molecular weight excluding hydrogens is 130 g/mol. The quantitative estimate of drug-likeness (QED) is 0.548. The highest BCUT2D eigenvalue weighted by molar-refractivity contribution is 5.79. The van der Waals surface area contributed by atoms with Gasteiger partial charge in [0.05, 0.1) is 6.61 Å². The molecule has 0 saturated heterocycles. The lowest BCUT2D eigenvalue weighted by atomic mass is 10.2. The van der Waals surface area contributed by atoms with Gasteiger partial charge in [-0.2, -0.15) is 0 Å². The molecule has 0 amide bonds. The van der Waals surface area contributed by atoms with Crippen molar-refractivity contribution in [1.29, 1.82) is 0 Å². The maximum atomic E-state index is 10.8. The van der Waals surface area contributed by atoms with Gasteiger partial charge >= 0.3 is 0 Å². The molecule has 0 radical (unpaired) electrons. The Labute approximate surface area is 61.5 Å². The first kappa shape index (κ1) is 9.59. The summed E-state index contributed by atoms with van der Waals surface area (Å²) in [6.45, 7) is 3.17. The molecule has 0 spiro atoms. The lowest BCUT2D eigenvalue weighted by Crippen LogP contribution is -2.14. The van der Waals surface area contributed by atoms with Crippen molar-refractivity contribution in [3.63, 3.8) is 0 Å². The van der Waals surface area contributed by atoms with Crippen molar-refractivity contribution in [3.8, 4) is 0 Å². The minimum absolute atomic E-state index is 0.163. The van der Waals surface area contributed by atoms with Crippen LogP contribution in [-0.2, 0) is 9.53 Å². The van der Waals surface area contributed by atoms with E-state index in [0.717, 1.165) is 6.42 Å². The molecule has 0 aliphatic rings. The first-order valence-corrected chi connectivity index (χ1v) is 3.60. The lowest BCUT2D eigenvalue weighted by Gasteiger charge is -1.99. The molecule has 0 atom stereocenters. The molecule has 0 heterocycles. The predicted octanol–water partition coefficient (Wildman–Crippen LogP) is 0.331. The fourth-order valence-electron chi connectivity index (χ4n) is 0.620. The molecular formula is C7H15NO2. The van der Waals surface area contributed by atoms with Crippen molar-refractivity contribution >= 4 is 5.78 Å². The maximum absolute atomic E-state index is 10.8. The van der Waals surface area contributed by atoms with Crippen LogP contribution in [0.25, 0.3) is 0 Å². The van der Waals surface area contributed by atoms with Crippen molar-refractivity contribution in [2.45, 2.75) is 19.8 Å². The summed E-state index contributed by atoms with van der Waals surface area (Å²) < 4.78 is 4.92. The molecule has 3 heteroatoms. The molecule has 2 N–H and O–H groups in total. The zero-order valence-electron chi connectivity index (χ0n) is 6.43. The van der Waals surface area contributed by atoms with E-state index < -0.39 is 0 Å². The largest absolute Gasteiger partial charge is 0.372 e. The van der Waals surface area contributed by atoms with Crippen LogP contribution >= 0.6 is 0 Å². The molecule has 0 unspecified atom stereocenters. The minimum Gasteiger partial charge on any atom is -0.372 e. The Bertz CT molecular complexity index is 93.6. The Morgan fingerprint density at radius 1 is 1.60 bits per heavy atom. The highest BCUT2D eigenvalue weighted by Crippen LogP contribution is 1.88. The first-order chi connectivity index (χ1) is 4.81. The second-order valence-corrected chi connectivity index (χ2v) is 2.13. The summed E-state index contributed by atoms with van der Waals surface area (Å²) in [4.78, 5) is 10.8. The third-order valence-corrected chi connectivity index (χ3v) is 1.05. The van der Waals surface area contributed by atoms with E-state index in [1.807, 2.05) is 6.92 Å². The summed E-state index contributed by atoms with van der Waals surface area (Å²) in [6, 6.07) is 0. The molecule has 0 fully saturated rings. The van der Waals surface area contributed by atoms with Gasteiger partial charge in [0.15, 0.2) is 5.78 Å². The van der Waals surface area contributed by atoms with Gasteiger partial charge < -0.3 is 10.5 Å². The highest BCUT2D eigenvalue weighted by atomic mass is 16.5. The fraction of sp³-hybridized carbons (Fsp3) is 0.857. The van der Waals surface area contributed by atoms with Crippen LogP contribution in [0.15, 0.2) is 0 Å². The van der Waals surface area contributed by atoms with Crippen molar-refractivity contribution in [3.05, 3.63) is 0 Å². The van der Waals surface area contributed by atoms with Crippen LogP contribution in [0.3, 0.4) is 0 Å². The van der Waals surface area contributed by atoms with E-state index in [1.165, 1.54) is 0 Å². The fourth-order valence-corrected chi connectivity index (χ4v) is 0.620. The summed E-state index contributed by atoms with van der Waals surface area (Å²) in [5.41, 5.74) is 5.15. The molecule has 60 valence electrons. The van der Waals surface area contributed by atoms with E-state index in [-0.39, 0.29) is 12.4 Å². The van der Waals surface area contributed by atoms with E-state index in [2.05, 4.69) is 0 Å². The van der Waals surface area contributed by atoms with Crippen LogP contribution < -0.4 is 5.73 Å². The molecule has 0 aromatic carbocycles. The van der Waals surface area contributed by atoms with Gasteiger partial charge in [-0.25, -0.2) is 0 Å². The number of nitrogens with two attached hydrogens (primary N) is 1. The average molecular weight is 145 g/mol. The van der Waals surface area contributed by atoms with Gasteiger partial charge in [-0.1, -0.05) is 6.92 Å². The van der Waals surface area contributed by atoms with Crippen LogP contribution in [0.4, 0.5) is 0 Å². The molecule has 0 aromatic rings. The van der Waals surface area contributed by atoms with Gasteiger partial charge in [0.1, 0.15) is 6.61 Å². The normalized spacial score (nSPS) is 9.80. The SMILES string of the molecule is CCCC(=O)COCCN. The zero-order valence-corrected chi connectivity index (χ0v) is 6.43. The third-order valence-electron chi connectivity index (χ3n) is 1.05. The number of Topliss-reactive ketones (excluding diaryl/α,β-unsaturated/α-hetero) is 1. The number of rotatable bonds is 6. The van der Waals surface area contributed by atoms with Gasteiger partial charge in [0.2, 0.25) is 0 Å². The smallest absolute Gasteiger partial charge is 0.158 e. The summed E-state index contributed by atoms with van der Waals surface area (Å²) in [5, 5.41) is 0. The Hall–Kier alpha value is -0.410. The second kappa shape index (κ2) is 6.71. The van der Waals surface area contributed by atoms with E-state index in [0.29, 0.717) is 19.6 Å². The molecule has 0 aromatic heterocycles. The zero-order chi connectivity index (χ0) is 7.82. The Kier molecular flexibility index (Phi) is 6.43. The van der Waals surface area contributed by atoms with Gasteiger partial charge in [-0.05, 0) is 6.42 Å². The Morgan fingerprint density at radius 3 is 2.80 bits per heavy atom. The summed E-state index contributed by atoms with van der Waals surface area (Å²) in [5.74, 6) is 0.163. The second-order valence-electron chi connectivity index (χ2n) is 2.13. The summed E-state index contributed by atoms with van der Waals surface area (Å²) in [7, 11) is 0. The molecule has 10 heavy (non-hydrogen) atoms. The summed E-state index contributed by atoms with van der Waals surface area (Å²) in [6.07, 6.45) is 1.51. The van der Waals surface area contributed by atoms with Gasteiger partial charge in [-0.3, -0.25) is 4.79 Å². The van der Waals surface area contributed by atoms with Crippen molar-refractivity contribution in [2.75, 3.05) is 19.8 Å². The molecule has 0 aliphatic heterocycles. The topological polar surface area (TPSA) is 52.3 Å². The number of hydrogen-bond acceptors (Lipinski definition) is 3. The van der Waals surface area contributed by atoms with Crippen LogP contribution in [-0.4, -0.2) is 25.5 Å².